The number of ether oxygens (including phenoxy) is 2. The number of unbranched alkanes of at least 4 members (excludes halogenated alkanes) is 7. The van der Waals surface area contributed by atoms with Crippen LogP contribution in [0.1, 0.15) is 65.2 Å². The predicted molar refractivity (Wildman–Crippen MR) is 118 cm³/mol. The zero-order valence-corrected chi connectivity index (χ0v) is 17.7. The molecule has 0 unspecified atom stereocenters. The fourth-order valence-electron chi connectivity index (χ4n) is 3.15. The van der Waals surface area contributed by atoms with Gasteiger partial charge in [0.15, 0.2) is 6.10 Å². The lowest BCUT2D eigenvalue weighted by molar-refractivity contribution is -0.144. The molecule has 0 fully saturated rings. The van der Waals surface area contributed by atoms with Gasteiger partial charge in [0.05, 0.1) is 6.61 Å². The second kappa shape index (κ2) is 12.9. The maximum atomic E-state index is 10.9. The molecule has 4 nitrogen and oxygen atoms in total. The van der Waals surface area contributed by atoms with Crippen LogP contribution in [0.4, 0.5) is 0 Å². The van der Waals surface area contributed by atoms with Crippen LogP contribution < -0.4 is 9.47 Å². The summed E-state index contributed by atoms with van der Waals surface area (Å²) in [6, 6.07) is 15.5. The van der Waals surface area contributed by atoms with Gasteiger partial charge in [0, 0.05) is 0 Å². The van der Waals surface area contributed by atoms with Gasteiger partial charge in [0.2, 0.25) is 0 Å². The average molecular weight is 399 g/mol. The van der Waals surface area contributed by atoms with Gasteiger partial charge in [0.25, 0.3) is 0 Å². The van der Waals surface area contributed by atoms with Gasteiger partial charge < -0.3 is 14.6 Å². The van der Waals surface area contributed by atoms with Crippen LogP contribution in [0.15, 0.2) is 48.5 Å². The Labute approximate surface area is 174 Å². The lowest BCUT2D eigenvalue weighted by atomic mass is 10.1. The van der Waals surface area contributed by atoms with E-state index in [0.717, 1.165) is 29.9 Å². The van der Waals surface area contributed by atoms with Crippen LogP contribution in [0.5, 0.6) is 11.5 Å². The maximum absolute atomic E-state index is 10.9. The monoisotopic (exact) mass is 398 g/mol. The highest BCUT2D eigenvalue weighted by atomic mass is 16.5. The molecule has 0 bridgehead atoms. The highest BCUT2D eigenvalue weighted by molar-refractivity contribution is 5.72. The molecule has 2 aromatic carbocycles. The van der Waals surface area contributed by atoms with E-state index in [4.69, 9.17) is 14.6 Å². The topological polar surface area (TPSA) is 55.8 Å². The van der Waals surface area contributed by atoms with Crippen molar-refractivity contribution >= 4 is 5.97 Å². The Morgan fingerprint density at radius 3 is 1.79 bits per heavy atom. The molecule has 2 rings (SSSR count). The second-order valence-corrected chi connectivity index (χ2v) is 7.47. The molecule has 0 radical (unpaired) electrons. The fourth-order valence-corrected chi connectivity index (χ4v) is 3.15. The van der Waals surface area contributed by atoms with Gasteiger partial charge in [-0.25, -0.2) is 4.79 Å². The van der Waals surface area contributed by atoms with Crippen molar-refractivity contribution in [2.45, 2.75) is 71.3 Å². The molecule has 1 atom stereocenters. The molecule has 4 heteroatoms. The van der Waals surface area contributed by atoms with Crippen LogP contribution in [-0.4, -0.2) is 23.8 Å². The molecule has 0 amide bonds. The average Bonchev–Trinajstić information content (AvgIpc) is 2.73. The first-order valence-corrected chi connectivity index (χ1v) is 10.8. The van der Waals surface area contributed by atoms with E-state index in [-0.39, 0.29) is 0 Å². The Morgan fingerprint density at radius 2 is 1.28 bits per heavy atom. The zero-order chi connectivity index (χ0) is 20.9. The van der Waals surface area contributed by atoms with Gasteiger partial charge in [-0.05, 0) is 48.7 Å². The minimum Gasteiger partial charge on any atom is -0.494 e. The van der Waals surface area contributed by atoms with Gasteiger partial charge >= 0.3 is 5.97 Å². The Hall–Kier alpha value is -2.49. The standard InChI is InChI=1S/C25H34O4/c1-3-4-5-6-7-8-9-10-19-28-23-15-11-21(12-16-23)22-13-17-24(18-14-22)29-20(2)25(26)27/h11-18,20H,3-10,19H2,1-2H3,(H,26,27)/t20-/m1/s1. The van der Waals surface area contributed by atoms with E-state index in [2.05, 4.69) is 6.92 Å². The molecular weight excluding hydrogens is 364 g/mol. The van der Waals surface area contributed by atoms with E-state index in [9.17, 15) is 4.79 Å². The largest absolute Gasteiger partial charge is 0.494 e. The van der Waals surface area contributed by atoms with Gasteiger partial charge in [-0.2, -0.15) is 0 Å². The van der Waals surface area contributed by atoms with Gasteiger partial charge in [-0.1, -0.05) is 76.1 Å². The van der Waals surface area contributed by atoms with Crippen LogP contribution in [0, 0.1) is 0 Å². The van der Waals surface area contributed by atoms with Crippen LogP contribution >= 0.6 is 0 Å². The van der Waals surface area contributed by atoms with Crippen molar-refractivity contribution in [3.05, 3.63) is 48.5 Å². The summed E-state index contributed by atoms with van der Waals surface area (Å²) in [4.78, 5) is 10.9. The molecule has 0 aliphatic rings. The molecule has 0 heterocycles. The number of aliphatic carboxylic acids is 1. The van der Waals surface area contributed by atoms with Crippen LogP contribution in [0.2, 0.25) is 0 Å². The number of benzene rings is 2. The number of hydrogen-bond donors (Lipinski definition) is 1. The lowest BCUT2D eigenvalue weighted by Crippen LogP contribution is -2.22. The van der Waals surface area contributed by atoms with Crippen LogP contribution in [0.3, 0.4) is 0 Å². The highest BCUT2D eigenvalue weighted by Crippen LogP contribution is 2.25. The molecule has 1 N–H and O–H groups in total. The molecule has 0 aromatic heterocycles. The second-order valence-electron chi connectivity index (χ2n) is 7.47. The predicted octanol–water partition coefficient (Wildman–Crippen LogP) is 6.73. The fraction of sp³-hybridized carbons (Fsp3) is 0.480. The van der Waals surface area contributed by atoms with Crippen LogP contribution in [0.25, 0.3) is 11.1 Å². The minimum absolute atomic E-state index is 0.550. The van der Waals surface area contributed by atoms with E-state index in [1.165, 1.54) is 51.9 Å². The number of carboxylic acid groups (broad SMARTS) is 1. The molecule has 0 spiro atoms. The third-order valence-corrected chi connectivity index (χ3v) is 4.97. The first-order chi connectivity index (χ1) is 14.1. The number of rotatable bonds is 14. The summed E-state index contributed by atoms with van der Waals surface area (Å²) in [6.07, 6.45) is 9.52. The molecule has 0 aliphatic carbocycles. The Kier molecular flexibility index (Phi) is 10.1. The normalized spacial score (nSPS) is 11.8. The third-order valence-electron chi connectivity index (χ3n) is 4.97. The Morgan fingerprint density at radius 1 is 0.793 bits per heavy atom. The summed E-state index contributed by atoms with van der Waals surface area (Å²) in [5.74, 6) is 0.470. The van der Waals surface area contributed by atoms with Gasteiger partial charge in [0.1, 0.15) is 11.5 Å². The van der Waals surface area contributed by atoms with E-state index in [1.54, 1.807) is 12.1 Å². The Balaban J connectivity index is 1.71. The van der Waals surface area contributed by atoms with E-state index < -0.39 is 12.1 Å². The quantitative estimate of drug-likeness (QED) is 0.359. The first kappa shape index (κ1) is 22.8. The highest BCUT2D eigenvalue weighted by Gasteiger charge is 2.12. The van der Waals surface area contributed by atoms with Crippen LogP contribution in [-0.2, 0) is 4.79 Å². The summed E-state index contributed by atoms with van der Waals surface area (Å²) in [6.45, 7) is 4.53. The van der Waals surface area contributed by atoms with Crippen molar-refractivity contribution in [2.75, 3.05) is 6.61 Å². The van der Waals surface area contributed by atoms with Crippen molar-refractivity contribution in [3.63, 3.8) is 0 Å². The summed E-state index contributed by atoms with van der Waals surface area (Å²) in [5.41, 5.74) is 2.14. The summed E-state index contributed by atoms with van der Waals surface area (Å²) in [5, 5.41) is 8.91. The molecule has 2 aromatic rings. The van der Waals surface area contributed by atoms with E-state index >= 15 is 0 Å². The van der Waals surface area contributed by atoms with Crippen molar-refractivity contribution in [1.82, 2.24) is 0 Å². The smallest absolute Gasteiger partial charge is 0.344 e. The number of carboxylic acids is 1. The van der Waals surface area contributed by atoms with Crippen molar-refractivity contribution in [2.24, 2.45) is 0 Å². The molecule has 0 saturated heterocycles. The van der Waals surface area contributed by atoms with Gasteiger partial charge in [-0.15, -0.1) is 0 Å². The SMILES string of the molecule is CCCCCCCCCCOc1ccc(-c2ccc(O[C@H](C)C(=O)O)cc2)cc1. The zero-order valence-electron chi connectivity index (χ0n) is 17.7. The molecule has 0 saturated carbocycles. The molecule has 158 valence electrons. The van der Waals surface area contributed by atoms with E-state index in [1.807, 2.05) is 36.4 Å². The van der Waals surface area contributed by atoms with Crippen molar-refractivity contribution in [3.8, 4) is 22.6 Å². The third kappa shape index (κ3) is 8.59. The van der Waals surface area contributed by atoms with Crippen molar-refractivity contribution < 1.29 is 19.4 Å². The Bertz CT molecular complexity index is 707. The molecular formula is C25H34O4. The van der Waals surface area contributed by atoms with Crippen molar-refractivity contribution in [1.29, 1.82) is 0 Å². The number of hydrogen-bond acceptors (Lipinski definition) is 3. The summed E-state index contributed by atoms with van der Waals surface area (Å²) >= 11 is 0. The molecule has 29 heavy (non-hydrogen) atoms. The van der Waals surface area contributed by atoms with E-state index in [0.29, 0.717) is 5.75 Å². The van der Waals surface area contributed by atoms with Gasteiger partial charge in [-0.3, -0.25) is 0 Å². The lowest BCUT2D eigenvalue weighted by Gasteiger charge is -2.11. The number of carbonyl (C=O) groups is 1. The minimum atomic E-state index is -0.975. The summed E-state index contributed by atoms with van der Waals surface area (Å²) in [7, 11) is 0. The molecule has 0 aliphatic heterocycles. The maximum Gasteiger partial charge on any atom is 0.344 e. The summed E-state index contributed by atoms with van der Waals surface area (Å²) < 4.78 is 11.2. The first-order valence-electron chi connectivity index (χ1n) is 10.8.